The molecule has 0 aromatic heterocycles. The summed E-state index contributed by atoms with van der Waals surface area (Å²) >= 11 is 10.9. The van der Waals surface area contributed by atoms with E-state index in [1.165, 1.54) is 0 Å². The third-order valence-corrected chi connectivity index (χ3v) is 3.76. The van der Waals surface area contributed by atoms with Gasteiger partial charge in [0.2, 0.25) is 0 Å². The second kappa shape index (κ2) is 8.58. The molecule has 144 valence electrons. The molecule has 0 aliphatic carbocycles. The van der Waals surface area contributed by atoms with Gasteiger partial charge in [-0.05, 0) is 62.5 Å². The lowest BCUT2D eigenvalue weighted by molar-refractivity contribution is -0.137. The quantitative estimate of drug-likeness (QED) is 0.666. The Morgan fingerprint density at radius 3 is 2.48 bits per heavy atom. The SMILES string of the molecule is CC(C)Oc1cccc(C(=O)NC(=S)Nc2ccc(C(F)(F)F)cc2Cl)c1. The first kappa shape index (κ1) is 21.0. The topological polar surface area (TPSA) is 50.4 Å². The Labute approximate surface area is 164 Å². The van der Waals surface area contributed by atoms with E-state index >= 15 is 0 Å². The molecule has 9 heteroatoms. The number of halogens is 4. The Morgan fingerprint density at radius 1 is 1.19 bits per heavy atom. The first-order valence-corrected chi connectivity index (χ1v) is 8.60. The van der Waals surface area contributed by atoms with Crippen LogP contribution in [0.5, 0.6) is 5.75 Å². The maximum atomic E-state index is 12.7. The molecule has 0 saturated carbocycles. The van der Waals surface area contributed by atoms with E-state index in [2.05, 4.69) is 10.6 Å². The van der Waals surface area contributed by atoms with Gasteiger partial charge in [-0.3, -0.25) is 10.1 Å². The van der Waals surface area contributed by atoms with Crippen LogP contribution in [0.25, 0.3) is 0 Å². The van der Waals surface area contributed by atoms with Crippen LogP contribution in [0.15, 0.2) is 42.5 Å². The summed E-state index contributed by atoms with van der Waals surface area (Å²) in [5.74, 6) is 0.0343. The Hall–Kier alpha value is -2.32. The van der Waals surface area contributed by atoms with E-state index in [0.717, 1.165) is 18.2 Å². The number of carbonyl (C=O) groups is 1. The van der Waals surface area contributed by atoms with E-state index < -0.39 is 17.6 Å². The molecule has 0 fully saturated rings. The van der Waals surface area contributed by atoms with E-state index in [1.807, 2.05) is 13.8 Å². The molecular formula is C18H16ClF3N2O2S. The second-order valence-electron chi connectivity index (χ2n) is 5.80. The average Bonchev–Trinajstić information content (AvgIpc) is 2.55. The summed E-state index contributed by atoms with van der Waals surface area (Å²) in [7, 11) is 0. The van der Waals surface area contributed by atoms with Crippen LogP contribution in [0.4, 0.5) is 18.9 Å². The van der Waals surface area contributed by atoms with Gasteiger partial charge in [0.15, 0.2) is 5.11 Å². The molecule has 0 bridgehead atoms. The molecule has 27 heavy (non-hydrogen) atoms. The fourth-order valence-corrected chi connectivity index (χ4v) is 2.53. The standard InChI is InChI=1S/C18H16ClF3N2O2S/c1-10(2)26-13-5-3-4-11(8-13)16(25)24-17(27)23-15-7-6-12(9-14(15)19)18(20,21)22/h3-10H,1-2H3,(H2,23,24,25,27). The molecule has 2 N–H and O–H groups in total. The van der Waals surface area contributed by atoms with Gasteiger partial charge in [0.25, 0.3) is 5.91 Å². The van der Waals surface area contributed by atoms with E-state index in [1.54, 1.807) is 24.3 Å². The first-order chi connectivity index (χ1) is 12.6. The molecule has 0 aliphatic rings. The van der Waals surface area contributed by atoms with Crippen LogP contribution < -0.4 is 15.4 Å². The van der Waals surface area contributed by atoms with E-state index in [-0.39, 0.29) is 21.9 Å². The third-order valence-electron chi connectivity index (χ3n) is 3.24. The molecular weight excluding hydrogens is 401 g/mol. The number of amides is 1. The predicted octanol–water partition coefficient (Wildman–Crippen LogP) is 5.27. The number of hydrogen-bond donors (Lipinski definition) is 2. The number of nitrogens with one attached hydrogen (secondary N) is 2. The second-order valence-corrected chi connectivity index (χ2v) is 6.61. The monoisotopic (exact) mass is 416 g/mol. The van der Waals surface area contributed by atoms with Crippen molar-refractivity contribution in [3.05, 3.63) is 58.6 Å². The van der Waals surface area contributed by atoms with Gasteiger partial charge in [0.1, 0.15) is 5.75 Å². The molecule has 0 heterocycles. The minimum Gasteiger partial charge on any atom is -0.491 e. The largest absolute Gasteiger partial charge is 0.491 e. The van der Waals surface area contributed by atoms with Gasteiger partial charge in [-0.2, -0.15) is 13.2 Å². The Bertz CT molecular complexity index is 857. The molecule has 0 atom stereocenters. The van der Waals surface area contributed by atoms with Gasteiger partial charge in [0, 0.05) is 5.56 Å². The summed E-state index contributed by atoms with van der Waals surface area (Å²) in [6.45, 7) is 3.72. The lowest BCUT2D eigenvalue weighted by Crippen LogP contribution is -2.34. The molecule has 0 aliphatic heterocycles. The number of hydrogen-bond acceptors (Lipinski definition) is 3. The minimum absolute atomic E-state index is 0.0483. The summed E-state index contributed by atoms with van der Waals surface area (Å²) < 4.78 is 43.5. The highest BCUT2D eigenvalue weighted by Crippen LogP contribution is 2.33. The van der Waals surface area contributed by atoms with Crippen LogP contribution in [0.2, 0.25) is 5.02 Å². The van der Waals surface area contributed by atoms with Crippen molar-refractivity contribution in [2.75, 3.05) is 5.32 Å². The average molecular weight is 417 g/mol. The predicted molar refractivity (Wildman–Crippen MR) is 102 cm³/mol. The molecule has 0 unspecified atom stereocenters. The lowest BCUT2D eigenvalue weighted by Gasteiger charge is -2.14. The summed E-state index contributed by atoms with van der Waals surface area (Å²) in [4.78, 5) is 12.3. The number of ether oxygens (including phenoxy) is 1. The van der Waals surface area contributed by atoms with Gasteiger partial charge >= 0.3 is 6.18 Å². The van der Waals surface area contributed by atoms with Crippen molar-refractivity contribution in [1.82, 2.24) is 5.32 Å². The van der Waals surface area contributed by atoms with Gasteiger partial charge < -0.3 is 10.1 Å². The molecule has 1 amide bonds. The first-order valence-electron chi connectivity index (χ1n) is 7.82. The van der Waals surface area contributed by atoms with Crippen LogP contribution in [0, 0.1) is 0 Å². The number of carbonyl (C=O) groups excluding carboxylic acids is 1. The zero-order chi connectivity index (χ0) is 20.2. The number of rotatable bonds is 4. The summed E-state index contributed by atoms with van der Waals surface area (Å²) in [6, 6.07) is 9.30. The van der Waals surface area contributed by atoms with Crippen LogP contribution in [0.1, 0.15) is 29.8 Å². The fourth-order valence-electron chi connectivity index (χ4n) is 2.10. The molecule has 2 aromatic carbocycles. The zero-order valence-corrected chi connectivity index (χ0v) is 15.9. The Kier molecular flexibility index (Phi) is 6.67. The van der Waals surface area contributed by atoms with E-state index in [9.17, 15) is 18.0 Å². The number of alkyl halides is 3. The highest BCUT2D eigenvalue weighted by molar-refractivity contribution is 7.80. The third kappa shape index (κ3) is 6.11. The fraction of sp³-hybridized carbons (Fsp3) is 0.222. The van der Waals surface area contributed by atoms with Crippen LogP contribution >= 0.6 is 23.8 Å². The number of thiocarbonyl (C=S) groups is 1. The van der Waals surface area contributed by atoms with Crippen molar-refractivity contribution in [1.29, 1.82) is 0 Å². The van der Waals surface area contributed by atoms with Crippen LogP contribution in [-0.4, -0.2) is 17.1 Å². The molecule has 0 spiro atoms. The zero-order valence-electron chi connectivity index (χ0n) is 14.4. The Balaban J connectivity index is 2.04. The smallest absolute Gasteiger partial charge is 0.416 e. The minimum atomic E-state index is -4.50. The van der Waals surface area contributed by atoms with Gasteiger partial charge in [-0.1, -0.05) is 17.7 Å². The van der Waals surface area contributed by atoms with E-state index in [4.69, 9.17) is 28.6 Å². The Morgan fingerprint density at radius 2 is 1.89 bits per heavy atom. The maximum Gasteiger partial charge on any atom is 0.416 e. The number of benzene rings is 2. The number of anilines is 1. The molecule has 4 nitrogen and oxygen atoms in total. The van der Waals surface area contributed by atoms with Gasteiger partial charge in [0.05, 0.1) is 22.4 Å². The summed E-state index contributed by atoms with van der Waals surface area (Å²) in [5.41, 5.74) is -0.419. The molecule has 0 radical (unpaired) electrons. The van der Waals surface area contributed by atoms with Crippen molar-refractivity contribution in [2.45, 2.75) is 26.1 Å². The molecule has 2 aromatic rings. The van der Waals surface area contributed by atoms with E-state index in [0.29, 0.717) is 11.3 Å². The lowest BCUT2D eigenvalue weighted by atomic mass is 10.2. The van der Waals surface area contributed by atoms with Crippen molar-refractivity contribution in [2.24, 2.45) is 0 Å². The normalized spacial score (nSPS) is 11.2. The summed E-state index contributed by atoms with van der Waals surface area (Å²) in [5, 5.41) is 4.77. The van der Waals surface area contributed by atoms with Crippen molar-refractivity contribution >= 4 is 40.5 Å². The highest BCUT2D eigenvalue weighted by atomic mass is 35.5. The molecule has 2 rings (SSSR count). The van der Waals surface area contributed by atoms with Crippen LogP contribution in [-0.2, 0) is 6.18 Å². The van der Waals surface area contributed by atoms with Crippen molar-refractivity contribution in [3.8, 4) is 5.75 Å². The van der Waals surface area contributed by atoms with Gasteiger partial charge in [-0.15, -0.1) is 0 Å². The summed E-state index contributed by atoms with van der Waals surface area (Å²) in [6.07, 6.45) is -4.55. The van der Waals surface area contributed by atoms with Crippen molar-refractivity contribution in [3.63, 3.8) is 0 Å². The van der Waals surface area contributed by atoms with Gasteiger partial charge in [-0.25, -0.2) is 0 Å². The van der Waals surface area contributed by atoms with Crippen LogP contribution in [0.3, 0.4) is 0 Å². The highest BCUT2D eigenvalue weighted by Gasteiger charge is 2.30. The molecule has 0 saturated heterocycles. The maximum absolute atomic E-state index is 12.7. The van der Waals surface area contributed by atoms with Crippen molar-refractivity contribution < 1.29 is 22.7 Å².